The number of sulfonamides is 1. The molecule has 0 aliphatic carbocycles. The highest BCUT2D eigenvalue weighted by atomic mass is 32.2. The van der Waals surface area contributed by atoms with E-state index < -0.39 is 10.0 Å². The van der Waals surface area contributed by atoms with Gasteiger partial charge in [-0.1, -0.05) is 0 Å². The molecule has 1 fully saturated rings. The summed E-state index contributed by atoms with van der Waals surface area (Å²) in [5.74, 6) is 0. The van der Waals surface area contributed by atoms with Gasteiger partial charge in [0.2, 0.25) is 10.0 Å². The third kappa shape index (κ3) is 2.99. The lowest BCUT2D eigenvalue weighted by Crippen LogP contribution is -2.50. The standard InChI is InChI=1S/C12H20N4O2S/c1-9-8-15(2)5-6-16(9)10-3-4-12(11(13)7-10)19(14,17)18/h3-4,7,9H,5-6,8,13H2,1-2H3,(H2,14,17,18). The summed E-state index contributed by atoms with van der Waals surface area (Å²) >= 11 is 0. The van der Waals surface area contributed by atoms with Gasteiger partial charge in [0, 0.05) is 31.4 Å². The largest absolute Gasteiger partial charge is 0.398 e. The van der Waals surface area contributed by atoms with Crippen molar-refractivity contribution >= 4 is 21.4 Å². The lowest BCUT2D eigenvalue weighted by atomic mass is 10.1. The van der Waals surface area contributed by atoms with Crippen LogP contribution in [0.15, 0.2) is 23.1 Å². The van der Waals surface area contributed by atoms with Gasteiger partial charge in [0.05, 0.1) is 5.69 Å². The molecule has 1 aliphatic heterocycles. The monoisotopic (exact) mass is 284 g/mol. The van der Waals surface area contributed by atoms with Crippen molar-refractivity contribution in [3.63, 3.8) is 0 Å². The first-order valence-electron chi connectivity index (χ1n) is 6.16. The summed E-state index contributed by atoms with van der Waals surface area (Å²) in [5.41, 5.74) is 6.93. The second kappa shape index (κ2) is 4.99. The molecule has 106 valence electrons. The molecular formula is C12H20N4O2S. The highest BCUT2D eigenvalue weighted by molar-refractivity contribution is 7.89. The van der Waals surface area contributed by atoms with Gasteiger partial charge in [0.25, 0.3) is 0 Å². The number of hydrogen-bond acceptors (Lipinski definition) is 5. The van der Waals surface area contributed by atoms with Crippen LogP contribution >= 0.6 is 0 Å². The molecule has 0 radical (unpaired) electrons. The van der Waals surface area contributed by atoms with Gasteiger partial charge in [-0.3, -0.25) is 0 Å². The van der Waals surface area contributed by atoms with E-state index >= 15 is 0 Å². The van der Waals surface area contributed by atoms with Crippen molar-refractivity contribution in [2.45, 2.75) is 17.9 Å². The van der Waals surface area contributed by atoms with E-state index in [1.54, 1.807) is 12.1 Å². The molecule has 1 aromatic rings. The van der Waals surface area contributed by atoms with Crippen LogP contribution in [0.25, 0.3) is 0 Å². The SMILES string of the molecule is CC1CN(C)CCN1c1ccc(S(N)(=O)=O)c(N)c1. The van der Waals surface area contributed by atoms with E-state index in [4.69, 9.17) is 10.9 Å². The Balaban J connectivity index is 2.30. The maximum atomic E-state index is 11.3. The van der Waals surface area contributed by atoms with Gasteiger partial charge < -0.3 is 15.5 Å². The lowest BCUT2D eigenvalue weighted by molar-refractivity contribution is 0.275. The first-order valence-corrected chi connectivity index (χ1v) is 7.71. The first kappa shape index (κ1) is 14.1. The summed E-state index contributed by atoms with van der Waals surface area (Å²) in [6.07, 6.45) is 0. The summed E-state index contributed by atoms with van der Waals surface area (Å²) < 4.78 is 22.7. The van der Waals surface area contributed by atoms with Crippen LogP contribution in [0.1, 0.15) is 6.92 Å². The Morgan fingerprint density at radius 2 is 2.00 bits per heavy atom. The van der Waals surface area contributed by atoms with Crippen molar-refractivity contribution in [2.75, 3.05) is 37.3 Å². The molecule has 1 aromatic carbocycles. The van der Waals surface area contributed by atoms with Crippen molar-refractivity contribution in [2.24, 2.45) is 5.14 Å². The highest BCUT2D eigenvalue weighted by Crippen LogP contribution is 2.26. The Bertz CT molecular complexity index is 573. The topological polar surface area (TPSA) is 92.7 Å². The van der Waals surface area contributed by atoms with E-state index in [0.29, 0.717) is 6.04 Å². The van der Waals surface area contributed by atoms with Crippen molar-refractivity contribution in [1.82, 2.24) is 4.90 Å². The number of nitrogens with two attached hydrogens (primary N) is 2. The maximum Gasteiger partial charge on any atom is 0.240 e. The Kier molecular flexibility index (Phi) is 3.71. The zero-order chi connectivity index (χ0) is 14.2. The summed E-state index contributed by atoms with van der Waals surface area (Å²) in [6.45, 7) is 4.98. The molecule has 0 bridgehead atoms. The fourth-order valence-electron chi connectivity index (χ4n) is 2.50. The molecule has 1 saturated heterocycles. The third-order valence-electron chi connectivity index (χ3n) is 3.46. The Hall–Kier alpha value is -1.31. The summed E-state index contributed by atoms with van der Waals surface area (Å²) in [6, 6.07) is 5.28. The second-order valence-electron chi connectivity index (χ2n) is 5.07. The predicted molar refractivity (Wildman–Crippen MR) is 76.5 cm³/mol. The smallest absolute Gasteiger partial charge is 0.240 e. The van der Waals surface area contributed by atoms with Crippen LogP contribution < -0.4 is 15.8 Å². The molecule has 0 aromatic heterocycles. The Morgan fingerprint density at radius 1 is 1.32 bits per heavy atom. The molecule has 0 amide bonds. The molecule has 19 heavy (non-hydrogen) atoms. The van der Waals surface area contributed by atoms with E-state index in [0.717, 1.165) is 25.3 Å². The van der Waals surface area contributed by atoms with Crippen molar-refractivity contribution in [3.05, 3.63) is 18.2 Å². The fraction of sp³-hybridized carbons (Fsp3) is 0.500. The molecular weight excluding hydrogens is 264 g/mol. The molecule has 7 heteroatoms. The van der Waals surface area contributed by atoms with Gasteiger partial charge in [-0.05, 0) is 32.2 Å². The maximum absolute atomic E-state index is 11.3. The summed E-state index contributed by atoms with van der Waals surface area (Å²) in [5, 5.41) is 5.10. The average Bonchev–Trinajstić information content (AvgIpc) is 2.26. The van der Waals surface area contributed by atoms with Gasteiger partial charge in [-0.25, -0.2) is 13.6 Å². The number of nitrogen functional groups attached to an aromatic ring is 1. The Morgan fingerprint density at radius 3 is 2.53 bits per heavy atom. The number of anilines is 2. The fourth-order valence-corrected chi connectivity index (χ4v) is 3.14. The molecule has 4 N–H and O–H groups in total. The predicted octanol–water partition coefficient (Wildman–Crippen LogP) is 0.0565. The number of rotatable bonds is 2. The van der Waals surface area contributed by atoms with Gasteiger partial charge in [-0.2, -0.15) is 0 Å². The van der Waals surface area contributed by atoms with Crippen molar-refractivity contribution < 1.29 is 8.42 Å². The number of hydrogen-bond donors (Lipinski definition) is 2. The molecule has 1 heterocycles. The van der Waals surface area contributed by atoms with Gasteiger partial charge in [0.1, 0.15) is 4.90 Å². The van der Waals surface area contributed by atoms with E-state index in [1.165, 1.54) is 6.07 Å². The molecule has 0 saturated carbocycles. The zero-order valence-corrected chi connectivity index (χ0v) is 12.0. The molecule has 1 unspecified atom stereocenters. The van der Waals surface area contributed by atoms with Crippen LogP contribution in [0.5, 0.6) is 0 Å². The van der Waals surface area contributed by atoms with Crippen LogP contribution in [0.3, 0.4) is 0 Å². The number of piperazine rings is 1. The van der Waals surface area contributed by atoms with E-state index in [9.17, 15) is 8.42 Å². The summed E-state index contributed by atoms with van der Waals surface area (Å²) in [7, 11) is -1.67. The first-order chi connectivity index (χ1) is 8.79. The van der Waals surface area contributed by atoms with E-state index in [-0.39, 0.29) is 10.6 Å². The molecule has 1 atom stereocenters. The van der Waals surface area contributed by atoms with Crippen LogP contribution in [0, 0.1) is 0 Å². The third-order valence-corrected chi connectivity index (χ3v) is 4.45. The minimum atomic E-state index is -3.76. The molecule has 2 rings (SSSR count). The zero-order valence-electron chi connectivity index (χ0n) is 11.2. The second-order valence-corrected chi connectivity index (χ2v) is 6.60. The number of nitrogens with zero attached hydrogens (tertiary/aromatic N) is 2. The van der Waals surface area contributed by atoms with Gasteiger partial charge in [-0.15, -0.1) is 0 Å². The van der Waals surface area contributed by atoms with Crippen LogP contribution in [0.4, 0.5) is 11.4 Å². The molecule has 6 nitrogen and oxygen atoms in total. The van der Waals surface area contributed by atoms with E-state index in [1.807, 2.05) is 0 Å². The van der Waals surface area contributed by atoms with Gasteiger partial charge in [0.15, 0.2) is 0 Å². The van der Waals surface area contributed by atoms with Crippen LogP contribution in [-0.2, 0) is 10.0 Å². The number of benzene rings is 1. The highest BCUT2D eigenvalue weighted by Gasteiger charge is 2.23. The number of likely N-dealkylation sites (N-methyl/N-ethyl adjacent to an activating group) is 1. The molecule has 1 aliphatic rings. The minimum Gasteiger partial charge on any atom is -0.398 e. The summed E-state index contributed by atoms with van der Waals surface area (Å²) in [4.78, 5) is 4.48. The van der Waals surface area contributed by atoms with Crippen LogP contribution in [-0.4, -0.2) is 46.0 Å². The van der Waals surface area contributed by atoms with Crippen molar-refractivity contribution in [3.8, 4) is 0 Å². The minimum absolute atomic E-state index is 0.0157. The molecule has 0 spiro atoms. The lowest BCUT2D eigenvalue weighted by Gasteiger charge is -2.40. The average molecular weight is 284 g/mol. The van der Waals surface area contributed by atoms with Crippen molar-refractivity contribution in [1.29, 1.82) is 0 Å². The Labute approximate surface area is 114 Å². The normalized spacial score (nSPS) is 21.6. The van der Waals surface area contributed by atoms with Gasteiger partial charge >= 0.3 is 0 Å². The van der Waals surface area contributed by atoms with Crippen LogP contribution in [0.2, 0.25) is 0 Å². The number of primary sulfonamides is 1. The van der Waals surface area contributed by atoms with E-state index in [2.05, 4.69) is 23.8 Å². The quantitative estimate of drug-likeness (QED) is 0.749.